The third kappa shape index (κ3) is 4.24. The van der Waals surface area contributed by atoms with Gasteiger partial charge in [-0.15, -0.1) is 0 Å². The molecule has 5 heteroatoms. The molecule has 76 valence electrons. The van der Waals surface area contributed by atoms with Gasteiger partial charge >= 0.3 is 0 Å². The monoisotopic (exact) mass is 267 g/mol. The smallest absolute Gasteiger partial charge is 0.150 e. The van der Waals surface area contributed by atoms with Crippen LogP contribution in [0.15, 0.2) is 11.1 Å². The fraction of sp³-hybridized carbons (Fsp3) is 0.750. The van der Waals surface area contributed by atoms with E-state index in [4.69, 9.17) is 0 Å². The first-order valence-electron chi connectivity index (χ1n) is 4.27. The van der Waals surface area contributed by atoms with E-state index in [9.17, 15) is 8.42 Å². The summed E-state index contributed by atoms with van der Waals surface area (Å²) in [4.78, 5) is 0. The molecule has 0 atom stereocenters. The SMILES string of the molecule is C=C(Br)CNC1CCS(=O)(=O)CC1. The van der Waals surface area contributed by atoms with Crippen molar-refractivity contribution in [3.63, 3.8) is 0 Å². The summed E-state index contributed by atoms with van der Waals surface area (Å²) < 4.78 is 23.1. The molecule has 0 amide bonds. The number of nitrogens with one attached hydrogen (secondary N) is 1. The molecule has 0 aromatic carbocycles. The van der Waals surface area contributed by atoms with Gasteiger partial charge in [0.2, 0.25) is 0 Å². The summed E-state index contributed by atoms with van der Waals surface area (Å²) in [5, 5.41) is 3.25. The van der Waals surface area contributed by atoms with Gasteiger partial charge in [-0.1, -0.05) is 22.5 Å². The molecule has 0 unspecified atom stereocenters. The molecule has 0 spiro atoms. The zero-order valence-electron chi connectivity index (χ0n) is 7.42. The van der Waals surface area contributed by atoms with Gasteiger partial charge in [-0.3, -0.25) is 0 Å². The van der Waals surface area contributed by atoms with E-state index in [1.807, 2.05) is 0 Å². The molecule has 1 fully saturated rings. The van der Waals surface area contributed by atoms with Crippen molar-refractivity contribution in [1.29, 1.82) is 0 Å². The van der Waals surface area contributed by atoms with E-state index in [0.717, 1.165) is 17.3 Å². The zero-order chi connectivity index (χ0) is 9.90. The highest BCUT2D eigenvalue weighted by Crippen LogP contribution is 2.12. The minimum absolute atomic E-state index is 0.319. The van der Waals surface area contributed by atoms with Crippen molar-refractivity contribution in [2.24, 2.45) is 0 Å². The molecule has 1 saturated heterocycles. The van der Waals surface area contributed by atoms with Crippen LogP contribution in [-0.2, 0) is 9.84 Å². The van der Waals surface area contributed by atoms with Gasteiger partial charge in [-0.05, 0) is 12.8 Å². The molecule has 1 aliphatic rings. The van der Waals surface area contributed by atoms with Crippen LogP contribution in [0.5, 0.6) is 0 Å². The van der Waals surface area contributed by atoms with E-state index in [-0.39, 0.29) is 0 Å². The fourth-order valence-electron chi connectivity index (χ4n) is 1.35. The van der Waals surface area contributed by atoms with Crippen LogP contribution in [0.4, 0.5) is 0 Å². The van der Waals surface area contributed by atoms with Gasteiger partial charge in [0.25, 0.3) is 0 Å². The molecule has 0 aliphatic carbocycles. The summed E-state index contributed by atoms with van der Waals surface area (Å²) in [6.45, 7) is 4.42. The highest BCUT2D eigenvalue weighted by Gasteiger charge is 2.22. The van der Waals surface area contributed by atoms with Crippen molar-refractivity contribution in [2.75, 3.05) is 18.1 Å². The van der Waals surface area contributed by atoms with E-state index in [2.05, 4.69) is 27.8 Å². The van der Waals surface area contributed by atoms with Crippen molar-refractivity contribution in [3.8, 4) is 0 Å². The Hall–Kier alpha value is 0.130. The van der Waals surface area contributed by atoms with Crippen LogP contribution in [0.25, 0.3) is 0 Å². The van der Waals surface area contributed by atoms with Crippen LogP contribution in [-0.4, -0.2) is 32.5 Å². The highest BCUT2D eigenvalue weighted by molar-refractivity contribution is 9.11. The van der Waals surface area contributed by atoms with E-state index in [1.54, 1.807) is 0 Å². The second kappa shape index (κ2) is 4.57. The van der Waals surface area contributed by atoms with E-state index in [0.29, 0.717) is 24.1 Å². The van der Waals surface area contributed by atoms with Crippen LogP contribution in [0.1, 0.15) is 12.8 Å². The predicted molar refractivity (Wildman–Crippen MR) is 57.7 cm³/mol. The lowest BCUT2D eigenvalue weighted by Gasteiger charge is -2.22. The van der Waals surface area contributed by atoms with E-state index < -0.39 is 9.84 Å². The average Bonchev–Trinajstić information content (AvgIpc) is 2.02. The molecule has 1 aliphatic heterocycles. The summed E-state index contributed by atoms with van der Waals surface area (Å²) in [5.74, 6) is 0.638. The second-order valence-electron chi connectivity index (χ2n) is 3.32. The van der Waals surface area contributed by atoms with E-state index >= 15 is 0 Å². The maximum atomic E-state index is 11.1. The Bertz CT molecular complexity index is 273. The van der Waals surface area contributed by atoms with Gasteiger partial charge in [0.15, 0.2) is 0 Å². The summed E-state index contributed by atoms with van der Waals surface area (Å²) in [5.41, 5.74) is 0. The van der Waals surface area contributed by atoms with Crippen molar-refractivity contribution in [3.05, 3.63) is 11.1 Å². The molecule has 0 aromatic heterocycles. The van der Waals surface area contributed by atoms with Crippen molar-refractivity contribution < 1.29 is 8.42 Å². The topological polar surface area (TPSA) is 46.2 Å². The normalized spacial score (nSPS) is 22.8. The molecule has 0 bridgehead atoms. The second-order valence-corrected chi connectivity index (χ2v) is 6.75. The number of sulfone groups is 1. The third-order valence-electron chi connectivity index (χ3n) is 2.14. The molecule has 0 aromatic rings. The number of hydrogen-bond donors (Lipinski definition) is 1. The van der Waals surface area contributed by atoms with Crippen LogP contribution >= 0.6 is 15.9 Å². The lowest BCUT2D eigenvalue weighted by Crippen LogP contribution is -2.37. The quantitative estimate of drug-likeness (QED) is 0.832. The third-order valence-corrected chi connectivity index (χ3v) is 4.13. The van der Waals surface area contributed by atoms with Crippen LogP contribution < -0.4 is 5.32 Å². The maximum Gasteiger partial charge on any atom is 0.150 e. The van der Waals surface area contributed by atoms with Gasteiger partial charge in [-0.25, -0.2) is 8.42 Å². The lowest BCUT2D eigenvalue weighted by atomic mass is 10.1. The van der Waals surface area contributed by atoms with Gasteiger partial charge in [-0.2, -0.15) is 0 Å². The number of halogens is 1. The number of hydrogen-bond acceptors (Lipinski definition) is 3. The lowest BCUT2D eigenvalue weighted by molar-refractivity contribution is 0.482. The minimum atomic E-state index is -2.73. The molecule has 13 heavy (non-hydrogen) atoms. The predicted octanol–water partition coefficient (Wildman–Crippen LogP) is 1.06. The molecular formula is C8H14BrNO2S. The Morgan fingerprint density at radius 3 is 2.46 bits per heavy atom. The molecule has 1 heterocycles. The zero-order valence-corrected chi connectivity index (χ0v) is 9.83. The molecule has 1 rings (SSSR count). The molecule has 0 saturated carbocycles. The van der Waals surface area contributed by atoms with Gasteiger partial charge < -0.3 is 5.32 Å². The number of rotatable bonds is 3. The first kappa shape index (κ1) is 11.2. The Morgan fingerprint density at radius 1 is 1.46 bits per heavy atom. The van der Waals surface area contributed by atoms with Crippen LogP contribution in [0.2, 0.25) is 0 Å². The van der Waals surface area contributed by atoms with Gasteiger partial charge in [0.1, 0.15) is 9.84 Å². The molecule has 1 N–H and O–H groups in total. The van der Waals surface area contributed by atoms with Crippen molar-refractivity contribution in [1.82, 2.24) is 5.32 Å². The fourth-order valence-corrected chi connectivity index (χ4v) is 3.00. The van der Waals surface area contributed by atoms with Crippen molar-refractivity contribution >= 4 is 25.8 Å². The summed E-state index contributed by atoms with van der Waals surface area (Å²) in [6.07, 6.45) is 1.45. The summed E-state index contributed by atoms with van der Waals surface area (Å²) >= 11 is 3.25. The average molecular weight is 268 g/mol. The van der Waals surface area contributed by atoms with Gasteiger partial charge in [0, 0.05) is 17.1 Å². The first-order chi connectivity index (χ1) is 5.99. The standard InChI is InChI=1S/C8H14BrNO2S/c1-7(9)6-10-8-2-4-13(11,12)5-3-8/h8,10H,1-6H2. The Kier molecular flexibility index (Phi) is 3.94. The van der Waals surface area contributed by atoms with Crippen LogP contribution in [0, 0.1) is 0 Å². The maximum absolute atomic E-state index is 11.1. The largest absolute Gasteiger partial charge is 0.309 e. The minimum Gasteiger partial charge on any atom is -0.309 e. The van der Waals surface area contributed by atoms with Crippen molar-refractivity contribution in [2.45, 2.75) is 18.9 Å². The summed E-state index contributed by atoms with van der Waals surface area (Å²) in [6, 6.07) is 0.331. The first-order valence-corrected chi connectivity index (χ1v) is 6.88. The summed E-state index contributed by atoms with van der Waals surface area (Å²) in [7, 11) is -2.73. The molecule has 3 nitrogen and oxygen atoms in total. The molecular weight excluding hydrogens is 254 g/mol. The van der Waals surface area contributed by atoms with Gasteiger partial charge in [0.05, 0.1) is 11.5 Å². The Labute approximate surface area is 87.6 Å². The Balaban J connectivity index is 2.29. The van der Waals surface area contributed by atoms with Crippen LogP contribution in [0.3, 0.4) is 0 Å². The Morgan fingerprint density at radius 2 is 2.00 bits per heavy atom. The van der Waals surface area contributed by atoms with E-state index in [1.165, 1.54) is 0 Å². The highest BCUT2D eigenvalue weighted by atomic mass is 79.9. The molecule has 0 radical (unpaired) electrons.